The van der Waals surface area contributed by atoms with Gasteiger partial charge in [-0.3, -0.25) is 14.2 Å². The molecule has 22 heavy (non-hydrogen) atoms. The van der Waals surface area contributed by atoms with Crippen LogP contribution >= 0.6 is 0 Å². The van der Waals surface area contributed by atoms with Crippen LogP contribution in [0.5, 0.6) is 5.75 Å². The molecule has 0 radical (unpaired) electrons. The zero-order chi connectivity index (χ0) is 15.5. The second-order valence-corrected chi connectivity index (χ2v) is 4.88. The minimum Gasteiger partial charge on any atom is -0.486 e. The Morgan fingerprint density at radius 3 is 2.59 bits per heavy atom. The molecule has 0 unspecified atom stereocenters. The number of rotatable bonds is 4. The molecule has 5 nitrogen and oxygen atoms in total. The smallest absolute Gasteiger partial charge is 0.261 e. The van der Waals surface area contributed by atoms with E-state index in [1.54, 1.807) is 43.4 Å². The normalized spacial score (nSPS) is 10.6. The lowest BCUT2D eigenvalue weighted by atomic mass is 10.2. The second-order valence-electron chi connectivity index (χ2n) is 4.88. The Morgan fingerprint density at radius 2 is 1.86 bits per heavy atom. The van der Waals surface area contributed by atoms with Crippen molar-refractivity contribution in [3.63, 3.8) is 0 Å². The van der Waals surface area contributed by atoms with Crippen LogP contribution in [0.2, 0.25) is 0 Å². The molecule has 0 N–H and O–H groups in total. The fraction of sp³-hybridized carbons (Fsp3) is 0.118. The van der Waals surface area contributed by atoms with E-state index in [0.29, 0.717) is 28.0 Å². The highest BCUT2D eigenvalue weighted by Gasteiger charge is 2.08. The van der Waals surface area contributed by atoms with Gasteiger partial charge in [-0.15, -0.1) is 0 Å². The van der Waals surface area contributed by atoms with Crippen molar-refractivity contribution in [1.29, 1.82) is 0 Å². The second kappa shape index (κ2) is 5.81. The highest BCUT2D eigenvalue weighted by atomic mass is 16.5. The molecule has 0 bridgehead atoms. The van der Waals surface area contributed by atoms with Crippen molar-refractivity contribution in [1.82, 2.24) is 9.55 Å². The van der Waals surface area contributed by atoms with Gasteiger partial charge in [-0.25, -0.2) is 4.98 Å². The summed E-state index contributed by atoms with van der Waals surface area (Å²) in [6.45, 7) is 0.178. The van der Waals surface area contributed by atoms with Gasteiger partial charge in [0.2, 0.25) is 0 Å². The number of ether oxygens (including phenoxy) is 1. The number of fused-ring (bicyclic) bond motifs is 1. The maximum Gasteiger partial charge on any atom is 0.261 e. The first-order chi connectivity index (χ1) is 10.7. The van der Waals surface area contributed by atoms with E-state index in [9.17, 15) is 9.59 Å². The van der Waals surface area contributed by atoms with Crippen LogP contribution in [0.4, 0.5) is 0 Å². The fourth-order valence-corrected chi connectivity index (χ4v) is 2.18. The van der Waals surface area contributed by atoms with Crippen LogP contribution in [0.1, 0.15) is 16.2 Å². The van der Waals surface area contributed by atoms with Gasteiger partial charge in [0.1, 0.15) is 24.5 Å². The van der Waals surface area contributed by atoms with E-state index in [-0.39, 0.29) is 12.2 Å². The predicted octanol–water partition coefficient (Wildman–Crippen LogP) is 2.33. The van der Waals surface area contributed by atoms with E-state index in [2.05, 4.69) is 4.98 Å². The first-order valence-corrected chi connectivity index (χ1v) is 6.82. The van der Waals surface area contributed by atoms with Gasteiger partial charge in [-0.05, 0) is 36.4 Å². The van der Waals surface area contributed by atoms with Gasteiger partial charge in [0.15, 0.2) is 0 Å². The molecule has 5 heteroatoms. The van der Waals surface area contributed by atoms with E-state index < -0.39 is 0 Å². The summed E-state index contributed by atoms with van der Waals surface area (Å²) in [6, 6.07) is 14.0. The molecule has 1 heterocycles. The third kappa shape index (κ3) is 2.61. The molecule has 0 spiro atoms. The van der Waals surface area contributed by atoms with Crippen LogP contribution in [0.3, 0.4) is 0 Å². The molecule has 2 aromatic carbocycles. The zero-order valence-electron chi connectivity index (χ0n) is 12.0. The topological polar surface area (TPSA) is 61.2 Å². The summed E-state index contributed by atoms with van der Waals surface area (Å²) < 4.78 is 7.13. The Bertz CT molecular complexity index is 883. The standard InChI is InChI=1S/C17H14N2O3/c1-19-16(11-22-13-8-6-12(10-20)7-9-13)18-15-5-3-2-4-14(15)17(19)21/h2-10H,11H2,1H3. The number of aldehydes is 1. The summed E-state index contributed by atoms with van der Waals surface area (Å²) in [5.74, 6) is 1.16. The maximum atomic E-state index is 12.3. The highest BCUT2D eigenvalue weighted by molar-refractivity contribution is 5.77. The van der Waals surface area contributed by atoms with Gasteiger partial charge >= 0.3 is 0 Å². The largest absolute Gasteiger partial charge is 0.486 e. The summed E-state index contributed by atoms with van der Waals surface area (Å²) in [5.41, 5.74) is 1.14. The molecule has 0 saturated carbocycles. The van der Waals surface area contributed by atoms with Gasteiger partial charge < -0.3 is 4.74 Å². The van der Waals surface area contributed by atoms with Crippen molar-refractivity contribution < 1.29 is 9.53 Å². The van der Waals surface area contributed by atoms with Crippen molar-refractivity contribution in [2.75, 3.05) is 0 Å². The Balaban J connectivity index is 1.88. The van der Waals surface area contributed by atoms with Crippen LogP contribution < -0.4 is 10.3 Å². The number of para-hydroxylation sites is 1. The first-order valence-electron chi connectivity index (χ1n) is 6.82. The molecule has 0 fully saturated rings. The quantitative estimate of drug-likeness (QED) is 0.693. The molecular weight excluding hydrogens is 280 g/mol. The summed E-state index contributed by atoms with van der Waals surface area (Å²) in [4.78, 5) is 27.4. The van der Waals surface area contributed by atoms with Crippen molar-refractivity contribution >= 4 is 17.2 Å². The third-order valence-corrected chi connectivity index (χ3v) is 3.46. The van der Waals surface area contributed by atoms with Gasteiger partial charge in [0.25, 0.3) is 5.56 Å². The van der Waals surface area contributed by atoms with E-state index >= 15 is 0 Å². The lowest BCUT2D eigenvalue weighted by molar-refractivity contribution is 0.112. The molecule has 1 aromatic heterocycles. The molecule has 0 atom stereocenters. The minimum atomic E-state index is -0.0968. The Morgan fingerprint density at radius 1 is 1.14 bits per heavy atom. The van der Waals surface area contributed by atoms with Crippen molar-refractivity contribution in [2.45, 2.75) is 6.61 Å². The number of benzene rings is 2. The van der Waals surface area contributed by atoms with Crippen LogP contribution in [-0.2, 0) is 13.7 Å². The number of carbonyl (C=O) groups excluding carboxylic acids is 1. The first kappa shape index (κ1) is 14.0. The summed E-state index contributed by atoms with van der Waals surface area (Å²) in [5, 5.41) is 0.587. The average Bonchev–Trinajstić information content (AvgIpc) is 2.57. The van der Waals surface area contributed by atoms with Gasteiger partial charge in [0, 0.05) is 12.6 Å². The monoisotopic (exact) mass is 294 g/mol. The maximum absolute atomic E-state index is 12.3. The van der Waals surface area contributed by atoms with Crippen LogP contribution in [-0.4, -0.2) is 15.8 Å². The average molecular weight is 294 g/mol. The molecule has 0 amide bonds. The molecule has 3 rings (SSSR count). The molecule has 0 aliphatic carbocycles. The van der Waals surface area contributed by atoms with Crippen LogP contribution in [0.25, 0.3) is 10.9 Å². The van der Waals surface area contributed by atoms with Crippen molar-refractivity contribution in [3.05, 3.63) is 70.3 Å². The summed E-state index contributed by atoms with van der Waals surface area (Å²) >= 11 is 0. The zero-order valence-corrected chi connectivity index (χ0v) is 12.0. The number of hydrogen-bond acceptors (Lipinski definition) is 4. The summed E-state index contributed by atoms with van der Waals surface area (Å²) in [7, 11) is 1.68. The SMILES string of the molecule is Cn1c(COc2ccc(C=O)cc2)nc2ccccc2c1=O. The molecular formula is C17H14N2O3. The van der Waals surface area contributed by atoms with E-state index in [1.165, 1.54) is 4.57 Å². The highest BCUT2D eigenvalue weighted by Crippen LogP contribution is 2.13. The lowest BCUT2D eigenvalue weighted by Gasteiger charge is -2.10. The number of hydrogen-bond donors (Lipinski definition) is 0. The predicted molar refractivity (Wildman–Crippen MR) is 83.1 cm³/mol. The number of nitrogens with zero attached hydrogens (tertiary/aromatic N) is 2. The van der Waals surface area contributed by atoms with Crippen LogP contribution in [0, 0.1) is 0 Å². The van der Waals surface area contributed by atoms with E-state index in [0.717, 1.165) is 6.29 Å². The number of aromatic nitrogens is 2. The fourth-order valence-electron chi connectivity index (χ4n) is 2.18. The molecule has 110 valence electrons. The van der Waals surface area contributed by atoms with Crippen molar-refractivity contribution in [3.8, 4) is 5.75 Å². The third-order valence-electron chi connectivity index (χ3n) is 3.46. The van der Waals surface area contributed by atoms with E-state index in [4.69, 9.17) is 4.74 Å². The Labute approximate surface area is 126 Å². The van der Waals surface area contributed by atoms with Gasteiger partial charge in [0.05, 0.1) is 10.9 Å². The van der Waals surface area contributed by atoms with Crippen LogP contribution in [0.15, 0.2) is 53.3 Å². The van der Waals surface area contributed by atoms with Crippen molar-refractivity contribution in [2.24, 2.45) is 7.05 Å². The molecule has 3 aromatic rings. The molecule has 0 saturated heterocycles. The Hall–Kier alpha value is -2.95. The minimum absolute atomic E-state index is 0.0968. The lowest BCUT2D eigenvalue weighted by Crippen LogP contribution is -2.23. The Kier molecular flexibility index (Phi) is 3.70. The summed E-state index contributed by atoms with van der Waals surface area (Å²) in [6.07, 6.45) is 0.776. The molecule has 0 aliphatic rings. The number of carbonyl (C=O) groups is 1. The van der Waals surface area contributed by atoms with Gasteiger partial charge in [-0.2, -0.15) is 0 Å². The van der Waals surface area contributed by atoms with Gasteiger partial charge in [-0.1, -0.05) is 12.1 Å². The molecule has 0 aliphatic heterocycles. The van der Waals surface area contributed by atoms with E-state index in [1.807, 2.05) is 12.1 Å².